The van der Waals surface area contributed by atoms with E-state index in [4.69, 9.17) is 0 Å². The number of hydrogen-bond donors (Lipinski definition) is 1. The molecule has 0 unspecified atom stereocenters. The molecule has 156 valence electrons. The fourth-order valence-electron chi connectivity index (χ4n) is 3.89. The van der Waals surface area contributed by atoms with Gasteiger partial charge in [-0.05, 0) is 24.3 Å². The molecule has 2 aliphatic heterocycles. The number of hydrogen-bond acceptors (Lipinski definition) is 5. The summed E-state index contributed by atoms with van der Waals surface area (Å²) in [6.45, 7) is 2.90. The van der Waals surface area contributed by atoms with E-state index in [0.717, 1.165) is 11.5 Å². The lowest BCUT2D eigenvalue weighted by molar-refractivity contribution is -0.134. The van der Waals surface area contributed by atoms with Gasteiger partial charge in [-0.25, -0.2) is 4.98 Å². The second-order valence-corrected chi connectivity index (χ2v) is 7.51. The van der Waals surface area contributed by atoms with E-state index >= 15 is 0 Å². The molecule has 1 aromatic carbocycles. The van der Waals surface area contributed by atoms with Crippen LogP contribution in [0.4, 0.5) is 11.5 Å². The summed E-state index contributed by atoms with van der Waals surface area (Å²) in [6.07, 6.45) is 1.92. The van der Waals surface area contributed by atoms with Crippen molar-refractivity contribution in [3.05, 3.63) is 54.7 Å². The monoisotopic (exact) mass is 407 g/mol. The average molecular weight is 407 g/mol. The molecule has 4 rings (SSSR count). The molecule has 2 fully saturated rings. The summed E-state index contributed by atoms with van der Waals surface area (Å²) in [4.78, 5) is 47.2. The Bertz CT molecular complexity index is 898. The number of carbonyl (C=O) groups is 3. The Morgan fingerprint density at radius 1 is 1.00 bits per heavy atom. The highest BCUT2D eigenvalue weighted by molar-refractivity contribution is 6.00. The summed E-state index contributed by atoms with van der Waals surface area (Å²) in [5, 5.41) is 2.72. The van der Waals surface area contributed by atoms with E-state index < -0.39 is 5.92 Å². The normalized spacial score (nSPS) is 19.1. The van der Waals surface area contributed by atoms with E-state index in [9.17, 15) is 14.4 Å². The number of rotatable bonds is 5. The fraction of sp³-hybridized carbons (Fsp3) is 0.364. The van der Waals surface area contributed by atoms with Crippen LogP contribution in [0.15, 0.2) is 54.7 Å². The van der Waals surface area contributed by atoms with Crippen LogP contribution in [0.5, 0.6) is 0 Å². The second kappa shape index (κ2) is 8.94. The number of aromatic nitrogens is 1. The lowest BCUT2D eigenvalue weighted by Gasteiger charge is -2.35. The van der Waals surface area contributed by atoms with E-state index in [1.165, 1.54) is 0 Å². The zero-order chi connectivity index (χ0) is 20.9. The quantitative estimate of drug-likeness (QED) is 0.796. The first-order chi connectivity index (χ1) is 14.6. The van der Waals surface area contributed by atoms with Crippen molar-refractivity contribution < 1.29 is 14.4 Å². The molecule has 3 heterocycles. The Kier molecular flexibility index (Phi) is 5.92. The predicted molar refractivity (Wildman–Crippen MR) is 113 cm³/mol. The molecule has 3 amide bonds. The van der Waals surface area contributed by atoms with Crippen LogP contribution in [0.1, 0.15) is 6.42 Å². The second-order valence-electron chi connectivity index (χ2n) is 7.51. The van der Waals surface area contributed by atoms with Crippen LogP contribution >= 0.6 is 0 Å². The molecule has 2 aliphatic rings. The smallest absolute Gasteiger partial charge is 0.242 e. The van der Waals surface area contributed by atoms with Gasteiger partial charge in [0.2, 0.25) is 17.7 Å². The molecular weight excluding hydrogens is 382 g/mol. The highest BCUT2D eigenvalue weighted by Crippen LogP contribution is 2.24. The maximum Gasteiger partial charge on any atom is 0.242 e. The Balaban J connectivity index is 1.24. The SMILES string of the molecule is O=C(NCC(=O)N1CCN(c2ccccn2)CC1)[C@@H]1CC(=O)N(c2ccccc2)C1. The minimum absolute atomic E-state index is 0.0432. The lowest BCUT2D eigenvalue weighted by Crippen LogP contribution is -2.51. The Hall–Kier alpha value is -3.42. The van der Waals surface area contributed by atoms with Crippen LogP contribution in [-0.2, 0) is 14.4 Å². The van der Waals surface area contributed by atoms with Crippen LogP contribution in [0, 0.1) is 5.92 Å². The standard InChI is InChI=1S/C22H25N5O3/c28-20-14-17(16-27(20)18-6-2-1-3-7-18)22(30)24-15-21(29)26-12-10-25(11-13-26)19-8-4-5-9-23-19/h1-9,17H,10-16H2,(H,24,30)/t17-/m1/s1. The van der Waals surface area contributed by atoms with Gasteiger partial charge in [0.25, 0.3) is 0 Å². The lowest BCUT2D eigenvalue weighted by atomic mass is 10.1. The van der Waals surface area contributed by atoms with Crippen LogP contribution in [0.2, 0.25) is 0 Å². The highest BCUT2D eigenvalue weighted by Gasteiger charge is 2.35. The molecule has 30 heavy (non-hydrogen) atoms. The summed E-state index contributed by atoms with van der Waals surface area (Å²) in [6, 6.07) is 15.1. The molecule has 8 heteroatoms. The zero-order valence-corrected chi connectivity index (χ0v) is 16.7. The number of benzene rings is 1. The summed E-state index contributed by atoms with van der Waals surface area (Å²) in [5.41, 5.74) is 0.791. The molecule has 0 aliphatic carbocycles. The maximum atomic E-state index is 12.5. The Morgan fingerprint density at radius 2 is 1.73 bits per heavy atom. The number of anilines is 2. The van der Waals surface area contributed by atoms with Gasteiger partial charge in [0.1, 0.15) is 5.82 Å². The number of carbonyl (C=O) groups excluding carboxylic acids is 3. The number of pyridine rings is 1. The minimum Gasteiger partial charge on any atom is -0.353 e. The first-order valence-corrected chi connectivity index (χ1v) is 10.2. The molecule has 0 saturated carbocycles. The molecule has 2 aromatic rings. The van der Waals surface area contributed by atoms with Crippen molar-refractivity contribution in [3.8, 4) is 0 Å². The van der Waals surface area contributed by atoms with E-state index in [1.54, 1.807) is 16.0 Å². The summed E-state index contributed by atoms with van der Waals surface area (Å²) >= 11 is 0. The molecule has 8 nitrogen and oxygen atoms in total. The molecule has 0 radical (unpaired) electrons. The molecular formula is C22H25N5O3. The van der Waals surface area contributed by atoms with Gasteiger partial charge in [-0.15, -0.1) is 0 Å². The number of nitrogens with one attached hydrogen (secondary N) is 1. The molecule has 2 saturated heterocycles. The van der Waals surface area contributed by atoms with E-state index in [1.807, 2.05) is 48.5 Å². The summed E-state index contributed by atoms with van der Waals surface area (Å²) in [5.74, 6) is 0.0483. The third-order valence-electron chi connectivity index (χ3n) is 5.58. The van der Waals surface area contributed by atoms with Crippen molar-refractivity contribution in [2.24, 2.45) is 5.92 Å². The molecule has 0 bridgehead atoms. The zero-order valence-electron chi connectivity index (χ0n) is 16.7. The number of amides is 3. The fourth-order valence-corrected chi connectivity index (χ4v) is 3.89. The van der Waals surface area contributed by atoms with E-state index in [0.29, 0.717) is 32.7 Å². The Labute approximate surface area is 175 Å². The van der Waals surface area contributed by atoms with Crippen LogP contribution in [0.25, 0.3) is 0 Å². The van der Waals surface area contributed by atoms with Gasteiger partial charge < -0.3 is 20.0 Å². The Morgan fingerprint density at radius 3 is 2.43 bits per heavy atom. The molecule has 0 spiro atoms. The van der Waals surface area contributed by atoms with Crippen LogP contribution < -0.4 is 15.1 Å². The van der Waals surface area contributed by atoms with E-state index in [2.05, 4.69) is 15.2 Å². The van der Waals surface area contributed by atoms with Gasteiger partial charge >= 0.3 is 0 Å². The van der Waals surface area contributed by atoms with Crippen LogP contribution in [-0.4, -0.2) is 66.9 Å². The number of para-hydroxylation sites is 1. The predicted octanol–water partition coefficient (Wildman–Crippen LogP) is 0.900. The van der Waals surface area contributed by atoms with Crippen LogP contribution in [0.3, 0.4) is 0 Å². The minimum atomic E-state index is -0.438. The van der Waals surface area contributed by atoms with Crippen molar-refractivity contribution in [1.29, 1.82) is 0 Å². The third-order valence-corrected chi connectivity index (χ3v) is 5.58. The number of piperazine rings is 1. The van der Waals surface area contributed by atoms with Gasteiger partial charge in [0, 0.05) is 51.0 Å². The topological polar surface area (TPSA) is 85.9 Å². The van der Waals surface area contributed by atoms with Gasteiger partial charge in [0.15, 0.2) is 0 Å². The van der Waals surface area contributed by atoms with Crippen molar-refractivity contribution in [2.75, 3.05) is 49.1 Å². The maximum absolute atomic E-state index is 12.5. The van der Waals surface area contributed by atoms with Gasteiger partial charge in [-0.1, -0.05) is 24.3 Å². The van der Waals surface area contributed by atoms with E-state index in [-0.39, 0.29) is 30.7 Å². The third kappa shape index (κ3) is 4.42. The molecule has 1 N–H and O–H groups in total. The summed E-state index contributed by atoms with van der Waals surface area (Å²) in [7, 11) is 0. The van der Waals surface area contributed by atoms with Gasteiger partial charge in [-0.2, -0.15) is 0 Å². The van der Waals surface area contributed by atoms with Crippen molar-refractivity contribution in [1.82, 2.24) is 15.2 Å². The number of nitrogens with zero attached hydrogens (tertiary/aromatic N) is 4. The largest absolute Gasteiger partial charge is 0.353 e. The summed E-state index contributed by atoms with van der Waals surface area (Å²) < 4.78 is 0. The van der Waals surface area contributed by atoms with Gasteiger partial charge in [-0.3, -0.25) is 14.4 Å². The van der Waals surface area contributed by atoms with Crippen molar-refractivity contribution in [3.63, 3.8) is 0 Å². The molecule has 1 atom stereocenters. The highest BCUT2D eigenvalue weighted by atomic mass is 16.2. The van der Waals surface area contributed by atoms with Crippen molar-refractivity contribution >= 4 is 29.2 Å². The first kappa shape index (κ1) is 19.9. The first-order valence-electron chi connectivity index (χ1n) is 10.2. The molecule has 1 aromatic heterocycles. The average Bonchev–Trinajstić information content (AvgIpc) is 3.20. The van der Waals surface area contributed by atoms with Gasteiger partial charge in [0.05, 0.1) is 12.5 Å². The van der Waals surface area contributed by atoms with Crippen molar-refractivity contribution in [2.45, 2.75) is 6.42 Å².